The number of fused-ring (bicyclic) bond motifs is 1. The predicted octanol–water partition coefficient (Wildman–Crippen LogP) is 2.15. The molecule has 2 heterocycles. The standard InChI is InChI=1S/C15H21NO3.ClH/c1-18-14-7-4-5-12(9-14)15(17)11-16-8-3-2-6-13(16)10-19-15;/h4-5,7,9,13,17H,2-3,6,8,10-11H2,1H3;1H. The third-order valence-corrected chi connectivity index (χ3v) is 4.20. The summed E-state index contributed by atoms with van der Waals surface area (Å²) in [4.78, 5) is 2.35. The van der Waals surface area contributed by atoms with E-state index in [1.807, 2.05) is 24.3 Å². The normalized spacial score (nSPS) is 30.2. The maximum Gasteiger partial charge on any atom is 0.205 e. The smallest absolute Gasteiger partial charge is 0.205 e. The number of hydrogen-bond acceptors (Lipinski definition) is 4. The van der Waals surface area contributed by atoms with Crippen LogP contribution in [0.3, 0.4) is 0 Å². The fourth-order valence-corrected chi connectivity index (χ4v) is 3.05. The molecule has 4 nitrogen and oxygen atoms in total. The molecule has 2 fully saturated rings. The van der Waals surface area contributed by atoms with Gasteiger partial charge in [0.2, 0.25) is 5.79 Å². The Hall–Kier alpha value is -0.810. The molecule has 2 aliphatic rings. The average Bonchev–Trinajstić information content (AvgIpc) is 2.47. The Morgan fingerprint density at radius 1 is 1.40 bits per heavy atom. The lowest BCUT2D eigenvalue weighted by Gasteiger charge is -2.46. The summed E-state index contributed by atoms with van der Waals surface area (Å²) in [6, 6.07) is 7.98. The number of nitrogens with zero attached hydrogens (tertiary/aromatic N) is 1. The van der Waals surface area contributed by atoms with E-state index in [4.69, 9.17) is 9.47 Å². The number of rotatable bonds is 2. The van der Waals surface area contributed by atoms with Crippen molar-refractivity contribution in [2.24, 2.45) is 0 Å². The van der Waals surface area contributed by atoms with Crippen LogP contribution in [0.2, 0.25) is 0 Å². The van der Waals surface area contributed by atoms with E-state index in [1.54, 1.807) is 7.11 Å². The van der Waals surface area contributed by atoms with E-state index in [9.17, 15) is 5.11 Å². The molecule has 0 bridgehead atoms. The number of morpholine rings is 1. The summed E-state index contributed by atoms with van der Waals surface area (Å²) in [6.07, 6.45) is 3.65. The van der Waals surface area contributed by atoms with E-state index < -0.39 is 5.79 Å². The summed E-state index contributed by atoms with van der Waals surface area (Å²) in [5.41, 5.74) is 0.774. The van der Waals surface area contributed by atoms with Gasteiger partial charge in [0.15, 0.2) is 0 Å². The molecular weight excluding hydrogens is 278 g/mol. The Labute approximate surface area is 126 Å². The number of aliphatic hydroxyl groups is 1. The molecule has 112 valence electrons. The molecule has 0 spiro atoms. The van der Waals surface area contributed by atoms with E-state index >= 15 is 0 Å². The molecule has 3 rings (SSSR count). The fraction of sp³-hybridized carbons (Fsp3) is 0.600. The van der Waals surface area contributed by atoms with Crippen LogP contribution in [0.25, 0.3) is 0 Å². The lowest BCUT2D eigenvalue weighted by Crippen LogP contribution is -2.56. The molecule has 0 aliphatic carbocycles. The highest BCUT2D eigenvalue weighted by Crippen LogP contribution is 2.33. The molecule has 0 radical (unpaired) electrons. The lowest BCUT2D eigenvalue weighted by atomic mass is 9.96. The first-order chi connectivity index (χ1) is 9.21. The SMILES string of the molecule is COc1cccc(C2(O)CN3CCCCC3CO2)c1.Cl. The maximum atomic E-state index is 10.8. The van der Waals surface area contributed by atoms with Crippen molar-refractivity contribution in [1.29, 1.82) is 0 Å². The summed E-state index contributed by atoms with van der Waals surface area (Å²) >= 11 is 0. The van der Waals surface area contributed by atoms with Gasteiger partial charge < -0.3 is 14.6 Å². The number of hydrogen-bond donors (Lipinski definition) is 1. The third-order valence-electron chi connectivity index (χ3n) is 4.20. The van der Waals surface area contributed by atoms with Crippen LogP contribution in [-0.4, -0.2) is 42.9 Å². The summed E-state index contributed by atoms with van der Waals surface area (Å²) < 4.78 is 11.0. The van der Waals surface area contributed by atoms with Crippen molar-refractivity contribution in [3.63, 3.8) is 0 Å². The van der Waals surface area contributed by atoms with Crippen LogP contribution in [-0.2, 0) is 10.5 Å². The van der Waals surface area contributed by atoms with Crippen molar-refractivity contribution in [3.8, 4) is 5.75 Å². The molecule has 2 saturated heterocycles. The van der Waals surface area contributed by atoms with Gasteiger partial charge in [0.1, 0.15) is 5.75 Å². The number of ether oxygens (including phenoxy) is 2. The maximum absolute atomic E-state index is 10.8. The van der Waals surface area contributed by atoms with Gasteiger partial charge in [0, 0.05) is 11.6 Å². The zero-order valence-corrected chi connectivity index (χ0v) is 12.6. The molecule has 0 saturated carbocycles. The van der Waals surface area contributed by atoms with E-state index in [0.717, 1.165) is 17.9 Å². The van der Waals surface area contributed by atoms with Crippen molar-refractivity contribution in [2.75, 3.05) is 26.8 Å². The molecule has 1 N–H and O–H groups in total. The number of halogens is 1. The molecule has 0 aromatic heterocycles. The van der Waals surface area contributed by atoms with Crippen molar-refractivity contribution < 1.29 is 14.6 Å². The molecule has 5 heteroatoms. The first-order valence-corrected chi connectivity index (χ1v) is 6.96. The van der Waals surface area contributed by atoms with Gasteiger partial charge in [-0.1, -0.05) is 18.6 Å². The Kier molecular flexibility index (Phi) is 4.91. The molecule has 20 heavy (non-hydrogen) atoms. The second-order valence-electron chi connectivity index (χ2n) is 5.45. The molecule has 1 aromatic carbocycles. The van der Waals surface area contributed by atoms with Crippen LogP contribution in [0.15, 0.2) is 24.3 Å². The average molecular weight is 300 g/mol. The largest absolute Gasteiger partial charge is 0.497 e. The molecule has 0 amide bonds. The Balaban J connectivity index is 0.00000147. The topological polar surface area (TPSA) is 41.9 Å². The van der Waals surface area contributed by atoms with Gasteiger partial charge in [-0.2, -0.15) is 0 Å². The predicted molar refractivity (Wildman–Crippen MR) is 79.3 cm³/mol. The molecular formula is C15H22ClNO3. The van der Waals surface area contributed by atoms with Crippen molar-refractivity contribution in [3.05, 3.63) is 29.8 Å². The van der Waals surface area contributed by atoms with Crippen LogP contribution < -0.4 is 4.74 Å². The van der Waals surface area contributed by atoms with Gasteiger partial charge in [-0.15, -0.1) is 12.4 Å². The van der Waals surface area contributed by atoms with E-state index in [0.29, 0.717) is 19.2 Å². The van der Waals surface area contributed by atoms with Crippen molar-refractivity contribution >= 4 is 12.4 Å². The minimum absolute atomic E-state index is 0. The second kappa shape index (κ2) is 6.31. The summed E-state index contributed by atoms with van der Waals surface area (Å²) in [6.45, 7) is 2.21. The molecule has 2 aliphatic heterocycles. The van der Waals surface area contributed by atoms with Gasteiger partial charge in [-0.05, 0) is 31.5 Å². The third kappa shape index (κ3) is 2.93. The minimum Gasteiger partial charge on any atom is -0.497 e. The van der Waals surface area contributed by atoms with Crippen molar-refractivity contribution in [1.82, 2.24) is 4.90 Å². The Bertz CT molecular complexity index is 456. The molecule has 2 unspecified atom stereocenters. The van der Waals surface area contributed by atoms with E-state index in [-0.39, 0.29) is 12.4 Å². The number of benzene rings is 1. The summed E-state index contributed by atoms with van der Waals surface area (Å²) in [5.74, 6) is -0.460. The van der Waals surface area contributed by atoms with E-state index in [1.165, 1.54) is 19.3 Å². The van der Waals surface area contributed by atoms with Gasteiger partial charge in [0.05, 0.1) is 20.3 Å². The quantitative estimate of drug-likeness (QED) is 0.908. The fourth-order valence-electron chi connectivity index (χ4n) is 3.05. The van der Waals surface area contributed by atoms with Crippen LogP contribution >= 0.6 is 12.4 Å². The van der Waals surface area contributed by atoms with E-state index in [2.05, 4.69) is 4.90 Å². The minimum atomic E-state index is -1.21. The van der Waals surface area contributed by atoms with Crippen LogP contribution in [0.5, 0.6) is 5.75 Å². The lowest BCUT2D eigenvalue weighted by molar-refractivity contribution is -0.264. The Morgan fingerprint density at radius 3 is 3.05 bits per heavy atom. The van der Waals surface area contributed by atoms with Crippen LogP contribution in [0.4, 0.5) is 0 Å². The number of methoxy groups -OCH3 is 1. The highest BCUT2D eigenvalue weighted by atomic mass is 35.5. The zero-order chi connectivity index (χ0) is 13.3. The highest BCUT2D eigenvalue weighted by molar-refractivity contribution is 5.85. The van der Waals surface area contributed by atoms with Gasteiger partial charge in [0.25, 0.3) is 0 Å². The second-order valence-corrected chi connectivity index (χ2v) is 5.45. The first-order valence-electron chi connectivity index (χ1n) is 6.96. The van der Waals surface area contributed by atoms with Gasteiger partial charge in [-0.25, -0.2) is 0 Å². The Morgan fingerprint density at radius 2 is 2.25 bits per heavy atom. The van der Waals surface area contributed by atoms with Crippen LogP contribution in [0, 0.1) is 0 Å². The summed E-state index contributed by atoms with van der Waals surface area (Å²) in [5, 5.41) is 10.8. The first kappa shape index (κ1) is 15.6. The molecule has 1 aromatic rings. The zero-order valence-electron chi connectivity index (χ0n) is 11.7. The van der Waals surface area contributed by atoms with Gasteiger partial charge in [-0.3, -0.25) is 4.90 Å². The van der Waals surface area contributed by atoms with Gasteiger partial charge >= 0.3 is 0 Å². The van der Waals surface area contributed by atoms with Crippen molar-refractivity contribution in [2.45, 2.75) is 31.1 Å². The highest BCUT2D eigenvalue weighted by Gasteiger charge is 2.41. The summed E-state index contributed by atoms with van der Waals surface area (Å²) in [7, 11) is 1.63. The number of piperidine rings is 1. The monoisotopic (exact) mass is 299 g/mol. The molecule has 2 atom stereocenters. The van der Waals surface area contributed by atoms with Crippen LogP contribution in [0.1, 0.15) is 24.8 Å².